The highest BCUT2D eigenvalue weighted by atomic mass is 16.5. The van der Waals surface area contributed by atoms with Crippen molar-refractivity contribution in [3.8, 4) is 5.75 Å². The minimum Gasteiger partial charge on any atom is -0.492 e. The maximum Gasteiger partial charge on any atom is 0.229 e. The molecule has 1 saturated heterocycles. The van der Waals surface area contributed by atoms with Crippen LogP contribution in [0.2, 0.25) is 0 Å². The van der Waals surface area contributed by atoms with Crippen molar-refractivity contribution in [3.05, 3.63) is 41.5 Å². The summed E-state index contributed by atoms with van der Waals surface area (Å²) >= 11 is 0. The van der Waals surface area contributed by atoms with Gasteiger partial charge in [0.25, 0.3) is 0 Å². The van der Waals surface area contributed by atoms with Crippen LogP contribution in [0.3, 0.4) is 0 Å². The van der Waals surface area contributed by atoms with Gasteiger partial charge in [-0.1, -0.05) is 25.1 Å². The van der Waals surface area contributed by atoms with E-state index in [-0.39, 0.29) is 17.9 Å². The number of aryl methyl sites for hydroxylation is 1. The fraction of sp³-hybridized carbons (Fsp3) is 0.500. The molecule has 2 aliphatic heterocycles. The van der Waals surface area contributed by atoms with Crippen molar-refractivity contribution >= 4 is 5.91 Å². The minimum atomic E-state index is -0.272. The summed E-state index contributed by atoms with van der Waals surface area (Å²) in [5.74, 6) is 2.32. The third-order valence-electron chi connectivity index (χ3n) is 4.78. The largest absolute Gasteiger partial charge is 0.492 e. The first kappa shape index (κ1) is 16.1. The Kier molecular flexibility index (Phi) is 4.40. The van der Waals surface area contributed by atoms with Crippen LogP contribution < -0.4 is 4.74 Å². The van der Waals surface area contributed by atoms with Gasteiger partial charge in [0.15, 0.2) is 5.82 Å². The maximum atomic E-state index is 12.9. The Hall–Kier alpha value is -2.41. The van der Waals surface area contributed by atoms with Crippen LogP contribution in [0.4, 0.5) is 0 Å². The Labute approximate surface area is 146 Å². The van der Waals surface area contributed by atoms with Gasteiger partial charge in [-0.3, -0.25) is 9.89 Å². The number of amides is 1. The molecule has 7 heteroatoms. The Morgan fingerprint density at radius 2 is 2.28 bits per heavy atom. The molecule has 0 unspecified atom stereocenters. The summed E-state index contributed by atoms with van der Waals surface area (Å²) in [5.41, 5.74) is 1.10. The maximum absolute atomic E-state index is 12.9. The van der Waals surface area contributed by atoms with E-state index in [0.29, 0.717) is 32.1 Å². The fourth-order valence-corrected chi connectivity index (χ4v) is 3.36. The van der Waals surface area contributed by atoms with E-state index in [1.807, 2.05) is 36.1 Å². The molecule has 1 aromatic heterocycles. The average Bonchev–Trinajstić information content (AvgIpc) is 3.16. The van der Waals surface area contributed by atoms with E-state index >= 15 is 0 Å². The van der Waals surface area contributed by atoms with Crippen LogP contribution in [-0.2, 0) is 22.4 Å². The van der Waals surface area contributed by atoms with Crippen LogP contribution in [0, 0.1) is 5.92 Å². The van der Waals surface area contributed by atoms with Gasteiger partial charge in [0, 0.05) is 13.0 Å². The quantitative estimate of drug-likeness (QED) is 0.915. The van der Waals surface area contributed by atoms with Crippen LogP contribution in [-0.4, -0.2) is 52.3 Å². The van der Waals surface area contributed by atoms with E-state index < -0.39 is 0 Å². The van der Waals surface area contributed by atoms with Crippen LogP contribution in [0.5, 0.6) is 5.75 Å². The second-order valence-electron chi connectivity index (χ2n) is 6.46. The number of morpholine rings is 1. The third-order valence-corrected chi connectivity index (χ3v) is 4.78. The second-order valence-corrected chi connectivity index (χ2v) is 6.46. The van der Waals surface area contributed by atoms with Crippen molar-refractivity contribution in [2.24, 2.45) is 5.92 Å². The number of carbonyl (C=O) groups is 1. The van der Waals surface area contributed by atoms with Gasteiger partial charge in [-0.15, -0.1) is 0 Å². The van der Waals surface area contributed by atoms with E-state index in [9.17, 15) is 4.79 Å². The van der Waals surface area contributed by atoms with Gasteiger partial charge in [0.1, 0.15) is 24.3 Å². The molecule has 0 saturated carbocycles. The molecule has 2 aromatic rings. The monoisotopic (exact) mass is 342 g/mol. The van der Waals surface area contributed by atoms with Crippen molar-refractivity contribution < 1.29 is 14.3 Å². The standard InChI is InChI=1S/C18H22N4O3/c1-2-16-19-17(21-20-16)15-10-22(7-8-24-15)18(23)13-9-12-5-3-4-6-14(12)25-11-13/h3-6,13,15H,2,7-11H2,1H3,(H,19,20,21)/t13-,15+/m0/s1. The summed E-state index contributed by atoms with van der Waals surface area (Å²) < 4.78 is 11.5. The number of aromatic amines is 1. The third kappa shape index (κ3) is 3.24. The molecule has 1 fully saturated rings. The minimum absolute atomic E-state index is 0.119. The number of ether oxygens (including phenoxy) is 2. The summed E-state index contributed by atoms with van der Waals surface area (Å²) in [6.45, 7) is 4.02. The first-order chi connectivity index (χ1) is 12.2. The summed E-state index contributed by atoms with van der Waals surface area (Å²) in [4.78, 5) is 19.2. The molecule has 25 heavy (non-hydrogen) atoms. The molecule has 0 radical (unpaired) electrons. The number of para-hydroxylation sites is 1. The molecule has 0 aliphatic carbocycles. The predicted molar refractivity (Wildman–Crippen MR) is 90.2 cm³/mol. The summed E-state index contributed by atoms with van der Waals surface area (Å²) in [5, 5.41) is 7.13. The summed E-state index contributed by atoms with van der Waals surface area (Å²) in [6, 6.07) is 7.91. The summed E-state index contributed by atoms with van der Waals surface area (Å²) in [6.07, 6.45) is 1.24. The Morgan fingerprint density at radius 1 is 1.40 bits per heavy atom. The zero-order valence-corrected chi connectivity index (χ0v) is 14.3. The van der Waals surface area contributed by atoms with Gasteiger partial charge >= 0.3 is 0 Å². The topological polar surface area (TPSA) is 80.3 Å². The molecule has 0 bridgehead atoms. The van der Waals surface area contributed by atoms with Crippen molar-refractivity contribution in [1.82, 2.24) is 20.1 Å². The first-order valence-electron chi connectivity index (χ1n) is 8.77. The van der Waals surface area contributed by atoms with Crippen molar-refractivity contribution in [2.75, 3.05) is 26.3 Å². The lowest BCUT2D eigenvalue weighted by molar-refractivity contribution is -0.145. The lowest BCUT2D eigenvalue weighted by Gasteiger charge is -2.35. The number of benzene rings is 1. The highest BCUT2D eigenvalue weighted by molar-refractivity contribution is 5.80. The van der Waals surface area contributed by atoms with Gasteiger partial charge < -0.3 is 14.4 Å². The molecule has 0 spiro atoms. The number of hydrogen-bond donors (Lipinski definition) is 1. The first-order valence-corrected chi connectivity index (χ1v) is 8.77. The number of nitrogens with one attached hydrogen (secondary N) is 1. The lowest BCUT2D eigenvalue weighted by Crippen LogP contribution is -2.47. The molecular formula is C18H22N4O3. The molecule has 1 N–H and O–H groups in total. The zero-order valence-electron chi connectivity index (χ0n) is 14.3. The van der Waals surface area contributed by atoms with Crippen molar-refractivity contribution in [2.45, 2.75) is 25.9 Å². The molecule has 132 valence electrons. The smallest absolute Gasteiger partial charge is 0.229 e. The Balaban J connectivity index is 1.43. The number of fused-ring (bicyclic) bond motifs is 1. The molecule has 2 aliphatic rings. The molecule has 3 heterocycles. The van der Waals surface area contributed by atoms with E-state index in [2.05, 4.69) is 15.2 Å². The predicted octanol–water partition coefficient (Wildman–Crippen LogP) is 1.52. The number of hydrogen-bond acceptors (Lipinski definition) is 5. The molecule has 1 amide bonds. The zero-order chi connectivity index (χ0) is 17.2. The van der Waals surface area contributed by atoms with Crippen LogP contribution >= 0.6 is 0 Å². The molecule has 7 nitrogen and oxygen atoms in total. The second kappa shape index (κ2) is 6.84. The van der Waals surface area contributed by atoms with E-state index in [4.69, 9.17) is 9.47 Å². The number of rotatable bonds is 3. The van der Waals surface area contributed by atoms with Crippen LogP contribution in [0.25, 0.3) is 0 Å². The van der Waals surface area contributed by atoms with E-state index in [1.54, 1.807) is 0 Å². The molecule has 2 atom stereocenters. The van der Waals surface area contributed by atoms with Crippen molar-refractivity contribution in [1.29, 1.82) is 0 Å². The van der Waals surface area contributed by atoms with Gasteiger partial charge in [-0.25, -0.2) is 4.98 Å². The highest BCUT2D eigenvalue weighted by Gasteiger charge is 2.34. The van der Waals surface area contributed by atoms with E-state index in [0.717, 1.165) is 30.0 Å². The summed E-state index contributed by atoms with van der Waals surface area (Å²) in [7, 11) is 0. The van der Waals surface area contributed by atoms with Gasteiger partial charge in [-0.05, 0) is 18.1 Å². The van der Waals surface area contributed by atoms with Crippen LogP contribution in [0.1, 0.15) is 30.2 Å². The fourth-order valence-electron chi connectivity index (χ4n) is 3.36. The van der Waals surface area contributed by atoms with Gasteiger partial charge in [0.05, 0.1) is 19.1 Å². The normalized spacial score (nSPS) is 23.0. The molecular weight excluding hydrogens is 320 g/mol. The molecule has 1 aromatic carbocycles. The molecule has 4 rings (SSSR count). The van der Waals surface area contributed by atoms with E-state index in [1.165, 1.54) is 0 Å². The Bertz CT molecular complexity index is 760. The van der Waals surface area contributed by atoms with Gasteiger partial charge in [-0.2, -0.15) is 5.10 Å². The van der Waals surface area contributed by atoms with Gasteiger partial charge in [0.2, 0.25) is 5.91 Å². The Morgan fingerprint density at radius 3 is 3.12 bits per heavy atom. The number of H-pyrrole nitrogens is 1. The SMILES string of the molecule is CCc1nc([C@H]2CN(C(=O)[C@@H]3COc4ccccc4C3)CCO2)n[nH]1. The number of aromatic nitrogens is 3. The van der Waals surface area contributed by atoms with Crippen molar-refractivity contribution in [3.63, 3.8) is 0 Å². The van der Waals surface area contributed by atoms with Crippen LogP contribution in [0.15, 0.2) is 24.3 Å². The average molecular weight is 342 g/mol. The number of nitrogens with zero attached hydrogens (tertiary/aromatic N) is 3. The number of carbonyl (C=O) groups excluding carboxylic acids is 1. The lowest BCUT2D eigenvalue weighted by atomic mass is 9.95. The highest BCUT2D eigenvalue weighted by Crippen LogP contribution is 2.29.